The quantitative estimate of drug-likeness (QED) is 0.191. The molecule has 7 rings (SSSR count). The molecule has 0 bridgehead atoms. The van der Waals surface area contributed by atoms with Crippen molar-refractivity contribution in [2.45, 2.75) is 12.8 Å². The Morgan fingerprint density at radius 2 is 0.791 bits per heavy atom. The first-order valence-corrected chi connectivity index (χ1v) is 15.0. The van der Waals surface area contributed by atoms with Gasteiger partial charge in [-0.15, -0.1) is 0 Å². The summed E-state index contributed by atoms with van der Waals surface area (Å²) in [4.78, 5) is 2.35. The van der Waals surface area contributed by atoms with Gasteiger partial charge < -0.3 is 4.90 Å². The lowest BCUT2D eigenvalue weighted by molar-refractivity contribution is 1.05. The molecule has 0 unspecified atom stereocenters. The van der Waals surface area contributed by atoms with Crippen LogP contribution in [0.15, 0.2) is 176 Å². The van der Waals surface area contributed by atoms with Crippen LogP contribution >= 0.6 is 0 Å². The summed E-state index contributed by atoms with van der Waals surface area (Å²) in [6.07, 6.45) is 8.84. The monoisotopic (exact) mass is 551 g/mol. The molecule has 1 aliphatic carbocycles. The molecule has 0 saturated heterocycles. The second kappa shape index (κ2) is 12.2. The van der Waals surface area contributed by atoms with Crippen molar-refractivity contribution < 1.29 is 0 Å². The normalized spacial score (nSPS) is 12.5. The Kier molecular flexibility index (Phi) is 7.53. The summed E-state index contributed by atoms with van der Waals surface area (Å²) in [5.41, 5.74) is 13.4. The molecule has 0 aliphatic heterocycles. The highest BCUT2D eigenvalue weighted by atomic mass is 15.1. The summed E-state index contributed by atoms with van der Waals surface area (Å²) >= 11 is 0. The minimum absolute atomic E-state index is 1.09. The molecule has 43 heavy (non-hydrogen) atoms. The highest BCUT2D eigenvalue weighted by Gasteiger charge is 2.14. The van der Waals surface area contributed by atoms with Crippen molar-refractivity contribution in [3.63, 3.8) is 0 Å². The van der Waals surface area contributed by atoms with E-state index >= 15 is 0 Å². The molecule has 0 spiro atoms. The van der Waals surface area contributed by atoms with Gasteiger partial charge in [0.2, 0.25) is 0 Å². The maximum Gasteiger partial charge on any atom is 0.0462 e. The van der Waals surface area contributed by atoms with Crippen LogP contribution in [-0.4, -0.2) is 0 Å². The summed E-state index contributed by atoms with van der Waals surface area (Å²) in [6.45, 7) is 0. The molecular weight excluding hydrogens is 518 g/mol. The van der Waals surface area contributed by atoms with E-state index in [2.05, 4.69) is 181 Å². The molecule has 0 fully saturated rings. The maximum atomic E-state index is 2.35. The van der Waals surface area contributed by atoms with Gasteiger partial charge in [-0.3, -0.25) is 0 Å². The molecule has 6 aromatic carbocycles. The number of rotatable bonds is 7. The number of allylic oxidation sites excluding steroid dienone is 4. The Morgan fingerprint density at radius 1 is 0.372 bits per heavy atom. The zero-order valence-corrected chi connectivity index (χ0v) is 24.1. The van der Waals surface area contributed by atoms with Gasteiger partial charge in [-0.05, 0) is 99.8 Å². The zero-order valence-electron chi connectivity index (χ0n) is 24.1. The van der Waals surface area contributed by atoms with Crippen LogP contribution in [0.5, 0.6) is 0 Å². The number of hydrogen-bond donors (Lipinski definition) is 0. The molecule has 0 atom stereocenters. The van der Waals surface area contributed by atoms with E-state index in [9.17, 15) is 0 Å². The SMILES string of the molecule is C1=CCCC(c2ccc(N(c3ccc(-c4ccccc4)cc3)c3ccc(-c4cccc(-c5ccccc5)c4)cc3)cc2)=C1. The van der Waals surface area contributed by atoms with Gasteiger partial charge in [0, 0.05) is 17.1 Å². The summed E-state index contributed by atoms with van der Waals surface area (Å²) in [5, 5.41) is 0. The van der Waals surface area contributed by atoms with E-state index in [0.29, 0.717) is 0 Å². The van der Waals surface area contributed by atoms with Crippen molar-refractivity contribution in [3.05, 3.63) is 182 Å². The fraction of sp³-hybridized carbons (Fsp3) is 0.0476. The summed E-state index contributed by atoms with van der Waals surface area (Å²) in [7, 11) is 0. The van der Waals surface area contributed by atoms with E-state index in [0.717, 1.165) is 29.9 Å². The van der Waals surface area contributed by atoms with Crippen molar-refractivity contribution in [1.29, 1.82) is 0 Å². The van der Waals surface area contributed by atoms with Gasteiger partial charge in [0.1, 0.15) is 0 Å². The van der Waals surface area contributed by atoms with E-state index in [4.69, 9.17) is 0 Å². The van der Waals surface area contributed by atoms with E-state index in [1.807, 2.05) is 0 Å². The summed E-state index contributed by atoms with van der Waals surface area (Å²) in [5.74, 6) is 0. The van der Waals surface area contributed by atoms with Crippen molar-refractivity contribution in [1.82, 2.24) is 0 Å². The molecule has 0 saturated carbocycles. The molecule has 1 aliphatic rings. The number of benzene rings is 6. The van der Waals surface area contributed by atoms with Crippen LogP contribution in [0, 0.1) is 0 Å². The summed E-state index contributed by atoms with van der Waals surface area (Å²) < 4.78 is 0. The van der Waals surface area contributed by atoms with Gasteiger partial charge in [-0.1, -0.05) is 133 Å². The minimum Gasteiger partial charge on any atom is -0.311 e. The van der Waals surface area contributed by atoms with Crippen LogP contribution < -0.4 is 4.90 Å². The average Bonchev–Trinajstić information content (AvgIpc) is 3.10. The first-order chi connectivity index (χ1) is 21.3. The Labute approximate surface area is 254 Å². The smallest absolute Gasteiger partial charge is 0.0462 e. The molecule has 0 radical (unpaired) electrons. The zero-order chi connectivity index (χ0) is 28.8. The van der Waals surface area contributed by atoms with Crippen LogP contribution in [-0.2, 0) is 0 Å². The predicted octanol–water partition coefficient (Wildman–Crippen LogP) is 11.9. The maximum absolute atomic E-state index is 2.35. The third kappa shape index (κ3) is 5.84. The van der Waals surface area contributed by atoms with Gasteiger partial charge in [0.05, 0.1) is 0 Å². The van der Waals surface area contributed by atoms with Gasteiger partial charge in [-0.2, -0.15) is 0 Å². The standard InChI is InChI=1S/C42H33N/c1-4-11-32(12-5-1)35-19-25-40(26-20-35)43(41-27-21-36(22-28-41)33-13-6-2-7-14-33)42-29-23-37(24-30-42)39-18-10-17-38(31-39)34-15-8-3-9-16-34/h1-6,8-13,15-31H,7,14H2. The van der Waals surface area contributed by atoms with Crippen LogP contribution in [0.1, 0.15) is 18.4 Å². The van der Waals surface area contributed by atoms with Gasteiger partial charge in [0.25, 0.3) is 0 Å². The van der Waals surface area contributed by atoms with E-state index in [1.54, 1.807) is 0 Å². The predicted molar refractivity (Wildman–Crippen MR) is 184 cm³/mol. The first kappa shape index (κ1) is 26.5. The van der Waals surface area contributed by atoms with Crippen LogP contribution in [0.3, 0.4) is 0 Å². The third-order valence-corrected chi connectivity index (χ3v) is 8.17. The van der Waals surface area contributed by atoms with Gasteiger partial charge >= 0.3 is 0 Å². The molecule has 206 valence electrons. The largest absolute Gasteiger partial charge is 0.311 e. The Hall–Kier alpha value is -5.40. The van der Waals surface area contributed by atoms with Crippen molar-refractivity contribution in [2.75, 3.05) is 4.90 Å². The number of hydrogen-bond acceptors (Lipinski definition) is 1. The Balaban J connectivity index is 1.24. The lowest BCUT2D eigenvalue weighted by Gasteiger charge is -2.26. The second-order valence-corrected chi connectivity index (χ2v) is 10.9. The second-order valence-electron chi connectivity index (χ2n) is 10.9. The molecule has 0 amide bonds. The Morgan fingerprint density at radius 3 is 1.28 bits per heavy atom. The number of nitrogens with zero attached hydrogens (tertiary/aromatic N) is 1. The first-order valence-electron chi connectivity index (χ1n) is 15.0. The van der Waals surface area contributed by atoms with E-state index < -0.39 is 0 Å². The molecule has 1 nitrogen and oxygen atoms in total. The van der Waals surface area contributed by atoms with Crippen LogP contribution in [0.25, 0.3) is 39.0 Å². The molecule has 0 N–H and O–H groups in total. The number of anilines is 3. The van der Waals surface area contributed by atoms with Crippen molar-refractivity contribution in [2.24, 2.45) is 0 Å². The topological polar surface area (TPSA) is 3.24 Å². The molecular formula is C42H33N. The third-order valence-electron chi connectivity index (χ3n) is 8.17. The van der Waals surface area contributed by atoms with Crippen molar-refractivity contribution in [3.8, 4) is 33.4 Å². The summed E-state index contributed by atoms with van der Waals surface area (Å²) in [6, 6.07) is 56.7. The van der Waals surface area contributed by atoms with E-state index in [-0.39, 0.29) is 0 Å². The molecule has 6 aromatic rings. The minimum atomic E-state index is 1.09. The highest BCUT2D eigenvalue weighted by molar-refractivity contribution is 5.81. The van der Waals surface area contributed by atoms with Crippen molar-refractivity contribution >= 4 is 22.6 Å². The average molecular weight is 552 g/mol. The van der Waals surface area contributed by atoms with Crippen LogP contribution in [0.4, 0.5) is 17.1 Å². The molecule has 0 aromatic heterocycles. The van der Waals surface area contributed by atoms with E-state index in [1.165, 1.54) is 44.5 Å². The highest BCUT2D eigenvalue weighted by Crippen LogP contribution is 2.38. The lowest BCUT2D eigenvalue weighted by atomic mass is 9.97. The molecule has 0 heterocycles. The molecule has 1 heteroatoms. The van der Waals surface area contributed by atoms with Gasteiger partial charge in [-0.25, -0.2) is 0 Å². The van der Waals surface area contributed by atoms with Crippen LogP contribution in [0.2, 0.25) is 0 Å². The fourth-order valence-electron chi connectivity index (χ4n) is 5.86. The fourth-order valence-corrected chi connectivity index (χ4v) is 5.86. The Bertz CT molecular complexity index is 1860. The lowest BCUT2D eigenvalue weighted by Crippen LogP contribution is -2.10. The van der Waals surface area contributed by atoms with Gasteiger partial charge in [0.15, 0.2) is 0 Å².